The predicted octanol–water partition coefficient (Wildman–Crippen LogP) is 4.34. The molecular formula is C19H26N2. The van der Waals surface area contributed by atoms with Gasteiger partial charge in [0, 0.05) is 11.6 Å². The van der Waals surface area contributed by atoms with Gasteiger partial charge >= 0.3 is 0 Å². The molecule has 0 bridgehead atoms. The summed E-state index contributed by atoms with van der Waals surface area (Å²) in [5, 5.41) is 4.92. The van der Waals surface area contributed by atoms with Gasteiger partial charge in [-0.15, -0.1) is 0 Å². The Morgan fingerprint density at radius 1 is 1.00 bits per heavy atom. The molecule has 0 unspecified atom stereocenters. The zero-order valence-electron chi connectivity index (χ0n) is 12.9. The molecule has 0 amide bonds. The molecule has 2 aromatic rings. The zero-order chi connectivity index (χ0) is 14.3. The van der Waals surface area contributed by atoms with Crippen molar-refractivity contribution in [3.63, 3.8) is 0 Å². The summed E-state index contributed by atoms with van der Waals surface area (Å²) >= 11 is 0. The Morgan fingerprint density at radius 2 is 1.81 bits per heavy atom. The molecular weight excluding hydrogens is 256 g/mol. The van der Waals surface area contributed by atoms with E-state index in [1.165, 1.54) is 56.0 Å². The number of nitrogens with zero attached hydrogens (tertiary/aromatic N) is 1. The van der Waals surface area contributed by atoms with E-state index in [1.54, 1.807) is 0 Å². The Labute approximate surface area is 128 Å². The van der Waals surface area contributed by atoms with Crippen molar-refractivity contribution in [1.82, 2.24) is 10.3 Å². The Hall–Kier alpha value is -1.41. The molecule has 0 atom stereocenters. The lowest BCUT2D eigenvalue weighted by Crippen LogP contribution is -2.24. The number of aromatic nitrogens is 1. The SMILES string of the molecule is c1cnc2c(CCNCC3CCCCCC3)cccc2c1. The van der Waals surface area contributed by atoms with Gasteiger partial charge in [0.05, 0.1) is 5.52 Å². The second-order valence-electron chi connectivity index (χ2n) is 6.30. The minimum Gasteiger partial charge on any atom is -0.316 e. The Kier molecular flexibility index (Phi) is 5.23. The highest BCUT2D eigenvalue weighted by Gasteiger charge is 2.11. The van der Waals surface area contributed by atoms with E-state index in [4.69, 9.17) is 0 Å². The lowest BCUT2D eigenvalue weighted by atomic mass is 10.0. The number of pyridine rings is 1. The summed E-state index contributed by atoms with van der Waals surface area (Å²) in [6, 6.07) is 10.7. The van der Waals surface area contributed by atoms with Crippen molar-refractivity contribution in [2.24, 2.45) is 5.92 Å². The highest BCUT2D eigenvalue weighted by molar-refractivity contribution is 5.81. The van der Waals surface area contributed by atoms with Crippen molar-refractivity contribution >= 4 is 10.9 Å². The van der Waals surface area contributed by atoms with Crippen molar-refractivity contribution in [3.05, 3.63) is 42.1 Å². The largest absolute Gasteiger partial charge is 0.316 e. The molecule has 1 fully saturated rings. The van der Waals surface area contributed by atoms with E-state index < -0.39 is 0 Å². The van der Waals surface area contributed by atoms with Crippen LogP contribution in [0.3, 0.4) is 0 Å². The third-order valence-electron chi connectivity index (χ3n) is 4.70. The number of rotatable bonds is 5. The summed E-state index contributed by atoms with van der Waals surface area (Å²) in [6.45, 7) is 2.25. The normalized spacial score (nSPS) is 17.0. The fourth-order valence-corrected chi connectivity index (χ4v) is 3.47. The monoisotopic (exact) mass is 282 g/mol. The fraction of sp³-hybridized carbons (Fsp3) is 0.526. The number of hydrogen-bond donors (Lipinski definition) is 1. The molecule has 0 saturated heterocycles. The first-order valence-electron chi connectivity index (χ1n) is 8.47. The van der Waals surface area contributed by atoms with Crippen molar-refractivity contribution in [2.75, 3.05) is 13.1 Å². The summed E-state index contributed by atoms with van der Waals surface area (Å²) in [6.07, 6.45) is 11.5. The first kappa shape index (κ1) is 14.5. The molecule has 2 nitrogen and oxygen atoms in total. The third-order valence-corrected chi connectivity index (χ3v) is 4.70. The maximum Gasteiger partial charge on any atom is 0.0734 e. The van der Waals surface area contributed by atoms with Crippen LogP contribution in [0.15, 0.2) is 36.5 Å². The van der Waals surface area contributed by atoms with Gasteiger partial charge in [0.25, 0.3) is 0 Å². The second-order valence-corrected chi connectivity index (χ2v) is 6.30. The average molecular weight is 282 g/mol. The fourth-order valence-electron chi connectivity index (χ4n) is 3.47. The van der Waals surface area contributed by atoms with Crippen LogP contribution in [0.2, 0.25) is 0 Å². The summed E-state index contributed by atoms with van der Waals surface area (Å²) < 4.78 is 0. The summed E-state index contributed by atoms with van der Waals surface area (Å²) in [5.74, 6) is 0.901. The van der Waals surface area contributed by atoms with Crippen LogP contribution in [-0.4, -0.2) is 18.1 Å². The number of para-hydroxylation sites is 1. The van der Waals surface area contributed by atoms with Crippen molar-refractivity contribution < 1.29 is 0 Å². The number of fused-ring (bicyclic) bond motifs is 1. The lowest BCUT2D eigenvalue weighted by molar-refractivity contribution is 0.427. The molecule has 1 aromatic carbocycles. The maximum absolute atomic E-state index is 4.53. The Balaban J connectivity index is 1.50. The smallest absolute Gasteiger partial charge is 0.0734 e. The molecule has 2 heteroatoms. The first-order valence-corrected chi connectivity index (χ1v) is 8.47. The van der Waals surface area contributed by atoms with Gasteiger partial charge in [0.1, 0.15) is 0 Å². The van der Waals surface area contributed by atoms with Crippen LogP contribution in [0.5, 0.6) is 0 Å². The average Bonchev–Trinajstić information content (AvgIpc) is 2.80. The highest BCUT2D eigenvalue weighted by Crippen LogP contribution is 2.22. The minimum atomic E-state index is 0.901. The van der Waals surface area contributed by atoms with E-state index in [-0.39, 0.29) is 0 Å². The quantitative estimate of drug-likeness (QED) is 0.652. The van der Waals surface area contributed by atoms with Gasteiger partial charge in [-0.3, -0.25) is 4.98 Å². The molecule has 3 rings (SSSR count). The molecule has 1 N–H and O–H groups in total. The van der Waals surface area contributed by atoms with Crippen LogP contribution in [0.4, 0.5) is 0 Å². The topological polar surface area (TPSA) is 24.9 Å². The van der Waals surface area contributed by atoms with Crippen LogP contribution in [0.1, 0.15) is 44.1 Å². The third kappa shape index (κ3) is 4.04. The van der Waals surface area contributed by atoms with Gasteiger partial charge in [-0.2, -0.15) is 0 Å². The molecule has 1 aliphatic rings. The number of nitrogens with one attached hydrogen (secondary N) is 1. The number of benzene rings is 1. The maximum atomic E-state index is 4.53. The number of hydrogen-bond acceptors (Lipinski definition) is 2. The molecule has 1 aliphatic carbocycles. The second kappa shape index (κ2) is 7.56. The van der Waals surface area contributed by atoms with E-state index in [0.29, 0.717) is 0 Å². The summed E-state index contributed by atoms with van der Waals surface area (Å²) in [5.41, 5.74) is 2.53. The van der Waals surface area contributed by atoms with E-state index in [0.717, 1.165) is 24.4 Å². The van der Waals surface area contributed by atoms with Gasteiger partial charge < -0.3 is 5.32 Å². The van der Waals surface area contributed by atoms with E-state index in [1.807, 2.05) is 12.3 Å². The lowest BCUT2D eigenvalue weighted by Gasteiger charge is -2.15. The molecule has 0 aliphatic heterocycles. The van der Waals surface area contributed by atoms with Gasteiger partial charge in [0.15, 0.2) is 0 Å². The molecule has 0 spiro atoms. The van der Waals surface area contributed by atoms with Crippen LogP contribution in [0.25, 0.3) is 10.9 Å². The molecule has 112 valence electrons. The minimum absolute atomic E-state index is 0.901. The summed E-state index contributed by atoms with van der Waals surface area (Å²) in [4.78, 5) is 4.53. The Bertz CT molecular complexity index is 551. The van der Waals surface area contributed by atoms with Crippen LogP contribution >= 0.6 is 0 Å². The standard InChI is InChI=1S/C19H26N2/c1-2-4-8-16(7-3-1)15-20-14-12-18-10-5-9-17-11-6-13-21-19(17)18/h5-6,9-11,13,16,20H,1-4,7-8,12,14-15H2. The molecule has 1 aromatic heterocycles. The molecule has 1 heterocycles. The molecule has 0 radical (unpaired) electrons. The molecule has 21 heavy (non-hydrogen) atoms. The van der Waals surface area contributed by atoms with Gasteiger partial charge in [-0.25, -0.2) is 0 Å². The van der Waals surface area contributed by atoms with Gasteiger partial charge in [-0.1, -0.05) is 49.9 Å². The van der Waals surface area contributed by atoms with Gasteiger partial charge in [0.2, 0.25) is 0 Å². The Morgan fingerprint density at radius 3 is 2.67 bits per heavy atom. The molecule has 1 saturated carbocycles. The van der Waals surface area contributed by atoms with Crippen LogP contribution in [0, 0.1) is 5.92 Å². The highest BCUT2D eigenvalue weighted by atomic mass is 14.9. The first-order chi connectivity index (χ1) is 10.4. The van der Waals surface area contributed by atoms with Crippen LogP contribution < -0.4 is 5.32 Å². The summed E-state index contributed by atoms with van der Waals surface area (Å²) in [7, 11) is 0. The van der Waals surface area contributed by atoms with Gasteiger partial charge in [-0.05, 0) is 49.9 Å². The van der Waals surface area contributed by atoms with Crippen molar-refractivity contribution in [3.8, 4) is 0 Å². The van der Waals surface area contributed by atoms with Crippen LogP contribution in [-0.2, 0) is 6.42 Å². The predicted molar refractivity (Wildman–Crippen MR) is 89.5 cm³/mol. The zero-order valence-corrected chi connectivity index (χ0v) is 12.9. The van der Waals surface area contributed by atoms with Crippen molar-refractivity contribution in [1.29, 1.82) is 0 Å². The van der Waals surface area contributed by atoms with E-state index >= 15 is 0 Å². The van der Waals surface area contributed by atoms with E-state index in [9.17, 15) is 0 Å². The van der Waals surface area contributed by atoms with E-state index in [2.05, 4.69) is 34.6 Å². The van der Waals surface area contributed by atoms with Crippen molar-refractivity contribution in [2.45, 2.75) is 44.9 Å².